The van der Waals surface area contributed by atoms with E-state index < -0.39 is 0 Å². The number of carbonyl (C=O) groups excluding carboxylic acids is 1. The Labute approximate surface area is 121 Å². The van der Waals surface area contributed by atoms with E-state index in [1.807, 2.05) is 31.2 Å². The lowest BCUT2D eigenvalue weighted by molar-refractivity contribution is 0.111. The van der Waals surface area contributed by atoms with Crippen molar-refractivity contribution < 1.29 is 9.90 Å². The molecule has 0 saturated carbocycles. The zero-order valence-corrected chi connectivity index (χ0v) is 11.4. The number of phenolic OH excluding ortho intramolecular Hbond substituents is 1. The average Bonchev–Trinajstić information content (AvgIpc) is 2.92. The molecule has 21 heavy (non-hydrogen) atoms. The van der Waals surface area contributed by atoms with Gasteiger partial charge in [-0.15, -0.1) is 5.10 Å². The van der Waals surface area contributed by atoms with Gasteiger partial charge in [-0.05, 0) is 37.3 Å². The fourth-order valence-corrected chi connectivity index (χ4v) is 2.21. The Morgan fingerprint density at radius 1 is 1.14 bits per heavy atom. The maximum Gasteiger partial charge on any atom is 0.172 e. The molecule has 5 nitrogen and oxygen atoms in total. The number of aldehydes is 1. The van der Waals surface area contributed by atoms with Crippen LogP contribution in [0.25, 0.3) is 16.9 Å². The second-order valence-corrected chi connectivity index (χ2v) is 4.74. The lowest BCUT2D eigenvalue weighted by atomic mass is 10.1. The predicted octanol–water partition coefficient (Wildman–Crippen LogP) is 2.76. The molecule has 0 aliphatic heterocycles. The van der Waals surface area contributed by atoms with Crippen molar-refractivity contribution in [2.45, 2.75) is 6.92 Å². The van der Waals surface area contributed by atoms with Gasteiger partial charge in [0.15, 0.2) is 12.0 Å². The molecule has 0 fully saturated rings. The highest BCUT2D eigenvalue weighted by Gasteiger charge is 2.15. The van der Waals surface area contributed by atoms with Crippen molar-refractivity contribution in [2.75, 3.05) is 0 Å². The first-order valence-corrected chi connectivity index (χ1v) is 6.46. The third-order valence-corrected chi connectivity index (χ3v) is 3.19. The Bertz CT molecular complexity index is 792. The summed E-state index contributed by atoms with van der Waals surface area (Å²) in [5, 5.41) is 17.3. The highest BCUT2D eigenvalue weighted by Crippen LogP contribution is 2.25. The highest BCUT2D eigenvalue weighted by atomic mass is 16.3. The zero-order valence-electron chi connectivity index (χ0n) is 11.4. The van der Waals surface area contributed by atoms with E-state index in [0.29, 0.717) is 12.0 Å². The number of rotatable bonds is 3. The summed E-state index contributed by atoms with van der Waals surface area (Å²) < 4.78 is 1.60. The standard InChI is InChI=1S/C16H13N3O2/c1-11-3-2-4-12(9-11)16-15(10-20)17-18-19(16)13-5-7-14(21)8-6-13/h2-10,21H,1H3. The Kier molecular flexibility index (Phi) is 3.23. The van der Waals surface area contributed by atoms with Gasteiger partial charge in [0, 0.05) is 5.56 Å². The number of phenols is 1. The van der Waals surface area contributed by atoms with Crippen molar-refractivity contribution in [3.8, 4) is 22.7 Å². The second-order valence-electron chi connectivity index (χ2n) is 4.74. The summed E-state index contributed by atoms with van der Waals surface area (Å²) >= 11 is 0. The second kappa shape index (κ2) is 5.20. The summed E-state index contributed by atoms with van der Waals surface area (Å²) in [6.45, 7) is 1.98. The molecule has 3 aromatic rings. The number of hydrogen-bond acceptors (Lipinski definition) is 4. The Balaban J connectivity index is 2.21. The van der Waals surface area contributed by atoms with Gasteiger partial charge in [0.2, 0.25) is 0 Å². The van der Waals surface area contributed by atoms with Crippen LogP contribution in [0, 0.1) is 6.92 Å². The van der Waals surface area contributed by atoms with E-state index in [9.17, 15) is 9.90 Å². The molecule has 0 spiro atoms. The topological polar surface area (TPSA) is 68.0 Å². The van der Waals surface area contributed by atoms with Gasteiger partial charge < -0.3 is 5.11 Å². The number of hydrogen-bond donors (Lipinski definition) is 1. The summed E-state index contributed by atoms with van der Waals surface area (Å²) in [6.07, 6.45) is 0.696. The number of aromatic hydroxyl groups is 1. The monoisotopic (exact) mass is 279 g/mol. The molecule has 0 atom stereocenters. The Morgan fingerprint density at radius 2 is 1.90 bits per heavy atom. The molecule has 0 unspecified atom stereocenters. The summed E-state index contributed by atoms with van der Waals surface area (Å²) in [5.74, 6) is 0.173. The fourth-order valence-electron chi connectivity index (χ4n) is 2.21. The first-order valence-electron chi connectivity index (χ1n) is 6.46. The van der Waals surface area contributed by atoms with E-state index in [0.717, 1.165) is 16.8 Å². The number of nitrogens with zero attached hydrogens (tertiary/aromatic N) is 3. The number of aromatic nitrogens is 3. The van der Waals surface area contributed by atoms with Gasteiger partial charge >= 0.3 is 0 Å². The van der Waals surface area contributed by atoms with Crippen molar-refractivity contribution in [1.29, 1.82) is 0 Å². The predicted molar refractivity (Wildman–Crippen MR) is 78.6 cm³/mol. The van der Waals surface area contributed by atoms with Crippen LogP contribution in [-0.2, 0) is 0 Å². The van der Waals surface area contributed by atoms with Gasteiger partial charge in [-0.1, -0.05) is 29.0 Å². The van der Waals surface area contributed by atoms with E-state index in [1.54, 1.807) is 28.9 Å². The summed E-state index contributed by atoms with van der Waals surface area (Å²) in [6, 6.07) is 14.4. The van der Waals surface area contributed by atoms with Gasteiger partial charge in [-0.2, -0.15) is 0 Å². The molecule has 0 bridgehead atoms. The van der Waals surface area contributed by atoms with E-state index in [4.69, 9.17) is 0 Å². The summed E-state index contributed by atoms with van der Waals surface area (Å²) in [5.41, 5.74) is 3.61. The number of benzene rings is 2. The first kappa shape index (κ1) is 13.1. The van der Waals surface area contributed by atoms with Gasteiger partial charge in [0.05, 0.1) is 5.69 Å². The molecule has 3 rings (SSSR count). The SMILES string of the molecule is Cc1cccc(-c2c(C=O)nnn2-c2ccc(O)cc2)c1. The van der Waals surface area contributed by atoms with Crippen LogP contribution in [0.2, 0.25) is 0 Å². The van der Waals surface area contributed by atoms with Crippen molar-refractivity contribution in [2.24, 2.45) is 0 Å². The lowest BCUT2D eigenvalue weighted by Gasteiger charge is -2.08. The van der Waals surface area contributed by atoms with Crippen LogP contribution >= 0.6 is 0 Å². The molecular weight excluding hydrogens is 266 g/mol. The molecule has 0 aliphatic carbocycles. The van der Waals surface area contributed by atoms with Crippen LogP contribution in [0.4, 0.5) is 0 Å². The van der Waals surface area contributed by atoms with Crippen LogP contribution in [0.5, 0.6) is 5.75 Å². The van der Waals surface area contributed by atoms with E-state index >= 15 is 0 Å². The maximum absolute atomic E-state index is 11.2. The first-order chi connectivity index (χ1) is 10.2. The smallest absolute Gasteiger partial charge is 0.172 e. The molecule has 1 heterocycles. The molecule has 104 valence electrons. The molecule has 0 saturated heterocycles. The van der Waals surface area contributed by atoms with Crippen molar-refractivity contribution in [3.05, 3.63) is 59.8 Å². The Hall–Kier alpha value is -2.95. The van der Waals surface area contributed by atoms with Crippen molar-refractivity contribution in [3.63, 3.8) is 0 Å². The minimum atomic E-state index is 0.173. The van der Waals surface area contributed by atoms with E-state index in [1.165, 1.54) is 0 Å². The molecule has 0 aliphatic rings. The molecule has 1 aromatic heterocycles. The third-order valence-electron chi connectivity index (χ3n) is 3.19. The molecule has 5 heteroatoms. The molecule has 0 radical (unpaired) electrons. The van der Waals surface area contributed by atoms with Gasteiger partial charge in [0.25, 0.3) is 0 Å². The van der Waals surface area contributed by atoms with Crippen LogP contribution < -0.4 is 0 Å². The number of carbonyl (C=O) groups is 1. The average molecular weight is 279 g/mol. The normalized spacial score (nSPS) is 10.5. The summed E-state index contributed by atoms with van der Waals surface area (Å²) in [4.78, 5) is 11.2. The molecule has 1 N–H and O–H groups in total. The van der Waals surface area contributed by atoms with Gasteiger partial charge in [-0.3, -0.25) is 4.79 Å². The maximum atomic E-state index is 11.2. The molecule has 0 amide bonds. The van der Waals surface area contributed by atoms with Crippen LogP contribution in [0.15, 0.2) is 48.5 Å². The van der Waals surface area contributed by atoms with Crippen molar-refractivity contribution >= 4 is 6.29 Å². The minimum Gasteiger partial charge on any atom is -0.508 e. The quantitative estimate of drug-likeness (QED) is 0.748. The van der Waals surface area contributed by atoms with Crippen LogP contribution in [0.1, 0.15) is 16.1 Å². The van der Waals surface area contributed by atoms with Crippen LogP contribution in [-0.4, -0.2) is 26.4 Å². The molecule has 2 aromatic carbocycles. The zero-order chi connectivity index (χ0) is 14.8. The minimum absolute atomic E-state index is 0.173. The van der Waals surface area contributed by atoms with Gasteiger partial charge in [-0.25, -0.2) is 4.68 Å². The number of aryl methyl sites for hydroxylation is 1. The third kappa shape index (κ3) is 2.41. The van der Waals surface area contributed by atoms with Gasteiger partial charge in [0.1, 0.15) is 11.4 Å². The Morgan fingerprint density at radius 3 is 2.57 bits per heavy atom. The van der Waals surface area contributed by atoms with E-state index in [2.05, 4.69) is 10.3 Å². The lowest BCUT2D eigenvalue weighted by Crippen LogP contribution is -2.00. The fraction of sp³-hybridized carbons (Fsp3) is 0.0625. The van der Waals surface area contributed by atoms with E-state index in [-0.39, 0.29) is 11.4 Å². The van der Waals surface area contributed by atoms with Crippen molar-refractivity contribution in [1.82, 2.24) is 15.0 Å². The summed E-state index contributed by atoms with van der Waals surface area (Å²) in [7, 11) is 0. The van der Waals surface area contributed by atoms with Crippen LogP contribution in [0.3, 0.4) is 0 Å². The molecular formula is C16H13N3O2. The largest absolute Gasteiger partial charge is 0.508 e. The highest BCUT2D eigenvalue weighted by molar-refractivity contribution is 5.84.